The lowest BCUT2D eigenvalue weighted by Gasteiger charge is -2.09. The summed E-state index contributed by atoms with van der Waals surface area (Å²) < 4.78 is 16.4. The fourth-order valence-corrected chi connectivity index (χ4v) is 15.1. The molecule has 0 aliphatic heterocycles. The SMILES string of the molecule is Cc1sc2c(sc3c2sc2c4sc5c6sc(C(C)C)c(C(C)C)c6sc5c4n(N)c32)c1C(C)C. The Labute approximate surface area is 222 Å². The molecule has 2 nitrogen and oxygen atoms in total. The van der Waals surface area contributed by atoms with Crippen molar-refractivity contribution in [2.45, 2.75) is 66.2 Å². The van der Waals surface area contributed by atoms with E-state index in [9.17, 15) is 0 Å². The van der Waals surface area contributed by atoms with Gasteiger partial charge in [-0.2, -0.15) is 0 Å². The fourth-order valence-electron chi connectivity index (χ4n) is 5.49. The Kier molecular flexibility index (Phi) is 4.68. The van der Waals surface area contributed by atoms with Crippen LogP contribution in [0, 0.1) is 6.92 Å². The maximum Gasteiger partial charge on any atom is 0.0999 e. The van der Waals surface area contributed by atoms with Gasteiger partial charge in [-0.25, -0.2) is 0 Å². The number of rotatable bonds is 3. The minimum atomic E-state index is 0.542. The number of nitrogens with two attached hydrogens (primary N) is 1. The molecule has 8 heteroatoms. The normalized spacial score (nSPS) is 13.5. The monoisotopic (exact) mass is 558 g/mol. The van der Waals surface area contributed by atoms with Crippen molar-refractivity contribution in [2.75, 3.05) is 5.84 Å². The molecule has 0 aliphatic carbocycles. The molecule has 2 N–H and O–H groups in total. The van der Waals surface area contributed by atoms with Crippen LogP contribution < -0.4 is 5.84 Å². The largest absolute Gasteiger partial charge is 0.338 e. The number of fused-ring (bicyclic) bond motifs is 11. The second kappa shape index (κ2) is 7.20. The zero-order valence-electron chi connectivity index (χ0n) is 20.2. The molecule has 0 spiro atoms. The molecule has 7 aromatic rings. The van der Waals surface area contributed by atoms with Crippen molar-refractivity contribution >= 4 is 126 Å². The van der Waals surface area contributed by atoms with Crippen LogP contribution in [0.25, 0.3) is 58.0 Å². The quantitative estimate of drug-likeness (QED) is 0.215. The van der Waals surface area contributed by atoms with Crippen molar-refractivity contribution in [1.29, 1.82) is 0 Å². The van der Waals surface area contributed by atoms with Gasteiger partial charge in [0.15, 0.2) is 0 Å². The topological polar surface area (TPSA) is 30.9 Å². The number of hydrogen-bond donors (Lipinski definition) is 1. The van der Waals surface area contributed by atoms with Gasteiger partial charge in [0.2, 0.25) is 0 Å². The molecule has 0 saturated carbocycles. The van der Waals surface area contributed by atoms with Gasteiger partial charge in [-0.1, -0.05) is 41.5 Å². The third kappa shape index (κ3) is 2.60. The van der Waals surface area contributed by atoms with Gasteiger partial charge in [-0.05, 0) is 35.8 Å². The molecule has 0 aliphatic rings. The molecule has 0 saturated heterocycles. The zero-order valence-corrected chi connectivity index (χ0v) is 25.1. The lowest BCUT2D eigenvalue weighted by atomic mass is 9.99. The highest BCUT2D eigenvalue weighted by Crippen LogP contribution is 2.57. The molecule has 0 atom stereocenters. The number of thiophene rings is 6. The summed E-state index contributed by atoms with van der Waals surface area (Å²) in [6.45, 7) is 16.2. The van der Waals surface area contributed by atoms with Crippen LogP contribution in [-0.4, -0.2) is 4.68 Å². The highest BCUT2D eigenvalue weighted by atomic mass is 32.1. The summed E-state index contributed by atoms with van der Waals surface area (Å²) in [6.07, 6.45) is 0. The number of nitrogens with zero attached hydrogens (tertiary/aromatic N) is 1. The van der Waals surface area contributed by atoms with Gasteiger partial charge in [0, 0.05) is 9.75 Å². The molecule has 0 fully saturated rings. The first-order chi connectivity index (χ1) is 16.2. The maximum atomic E-state index is 6.93. The minimum absolute atomic E-state index is 0.542. The van der Waals surface area contributed by atoms with Gasteiger partial charge in [-0.3, -0.25) is 4.68 Å². The lowest BCUT2D eigenvalue weighted by Crippen LogP contribution is -2.05. The van der Waals surface area contributed by atoms with Crippen molar-refractivity contribution in [3.05, 3.63) is 20.9 Å². The van der Waals surface area contributed by atoms with Crippen LogP contribution in [0.2, 0.25) is 0 Å². The van der Waals surface area contributed by atoms with Crippen LogP contribution in [0.15, 0.2) is 0 Å². The van der Waals surface area contributed by atoms with E-state index in [4.69, 9.17) is 5.84 Å². The van der Waals surface area contributed by atoms with Crippen molar-refractivity contribution in [3.8, 4) is 0 Å². The van der Waals surface area contributed by atoms with E-state index in [2.05, 4.69) is 48.5 Å². The van der Waals surface area contributed by atoms with Crippen LogP contribution in [0.4, 0.5) is 0 Å². The van der Waals surface area contributed by atoms with Crippen molar-refractivity contribution in [2.24, 2.45) is 0 Å². The van der Waals surface area contributed by atoms with Gasteiger partial charge in [-0.15, -0.1) is 68.0 Å². The molecule has 7 rings (SSSR count). The van der Waals surface area contributed by atoms with E-state index in [-0.39, 0.29) is 0 Å². The molecular formula is C26H26N2S6. The van der Waals surface area contributed by atoms with Crippen molar-refractivity contribution < 1.29 is 0 Å². The molecule has 0 radical (unpaired) electrons. The smallest absolute Gasteiger partial charge is 0.0999 e. The lowest BCUT2D eigenvalue weighted by molar-refractivity contribution is 0.816. The molecule has 0 unspecified atom stereocenters. The van der Waals surface area contributed by atoms with Crippen LogP contribution in [-0.2, 0) is 0 Å². The minimum Gasteiger partial charge on any atom is -0.338 e. The molecule has 7 aromatic heterocycles. The van der Waals surface area contributed by atoms with Crippen molar-refractivity contribution in [3.63, 3.8) is 0 Å². The fraction of sp³-hybridized carbons (Fsp3) is 0.385. The Balaban J connectivity index is 1.58. The first-order valence-electron chi connectivity index (χ1n) is 11.7. The average molecular weight is 559 g/mol. The van der Waals surface area contributed by atoms with Gasteiger partial charge in [0.1, 0.15) is 0 Å². The van der Waals surface area contributed by atoms with E-state index < -0.39 is 0 Å². The molecule has 0 amide bonds. The number of hydrogen-bond acceptors (Lipinski definition) is 7. The highest BCUT2D eigenvalue weighted by Gasteiger charge is 2.28. The Hall–Kier alpha value is -1.16. The van der Waals surface area contributed by atoms with E-state index in [1.54, 1.807) is 10.4 Å². The van der Waals surface area contributed by atoms with Crippen LogP contribution in [0.1, 0.15) is 80.2 Å². The summed E-state index contributed by atoms with van der Waals surface area (Å²) in [4.78, 5) is 3.03. The predicted octanol–water partition coefficient (Wildman–Crippen LogP) is 11.2. The Bertz CT molecular complexity index is 1920. The van der Waals surface area contributed by atoms with E-state index in [0.29, 0.717) is 17.8 Å². The molecule has 176 valence electrons. The van der Waals surface area contributed by atoms with Gasteiger partial charge < -0.3 is 5.84 Å². The summed E-state index contributed by atoms with van der Waals surface area (Å²) in [5.74, 6) is 8.59. The number of aryl methyl sites for hydroxylation is 1. The molecule has 0 aromatic carbocycles. The summed E-state index contributed by atoms with van der Waals surface area (Å²) in [6, 6.07) is 0. The van der Waals surface area contributed by atoms with E-state index in [1.165, 1.54) is 68.5 Å². The summed E-state index contributed by atoms with van der Waals surface area (Å²) >= 11 is 11.9. The number of aromatic nitrogens is 1. The summed E-state index contributed by atoms with van der Waals surface area (Å²) in [7, 11) is 0. The summed E-state index contributed by atoms with van der Waals surface area (Å²) in [5.41, 5.74) is 5.58. The maximum absolute atomic E-state index is 6.93. The van der Waals surface area contributed by atoms with Crippen molar-refractivity contribution in [1.82, 2.24) is 4.68 Å². The molecule has 7 heterocycles. The van der Waals surface area contributed by atoms with Crippen LogP contribution in [0.5, 0.6) is 0 Å². The molecule has 0 bridgehead atoms. The van der Waals surface area contributed by atoms with Crippen LogP contribution in [0.3, 0.4) is 0 Å². The molecular weight excluding hydrogens is 533 g/mol. The van der Waals surface area contributed by atoms with Gasteiger partial charge >= 0.3 is 0 Å². The van der Waals surface area contributed by atoms with Crippen LogP contribution >= 0.6 is 68.0 Å². The second-order valence-corrected chi connectivity index (χ2v) is 16.5. The first-order valence-corrected chi connectivity index (χ1v) is 16.6. The van der Waals surface area contributed by atoms with Gasteiger partial charge in [0.05, 0.1) is 58.0 Å². The third-order valence-electron chi connectivity index (χ3n) is 6.88. The van der Waals surface area contributed by atoms with E-state index in [0.717, 1.165) is 0 Å². The Morgan fingerprint density at radius 2 is 0.912 bits per heavy atom. The summed E-state index contributed by atoms with van der Waals surface area (Å²) in [5, 5.41) is 0. The molecule has 34 heavy (non-hydrogen) atoms. The zero-order chi connectivity index (χ0) is 23.8. The predicted molar refractivity (Wildman–Crippen MR) is 164 cm³/mol. The first kappa shape index (κ1) is 22.1. The Morgan fingerprint density at radius 3 is 1.41 bits per heavy atom. The standard InChI is InChI=1S/C26H26N2S6/c1-8(2)12-11(7)29-23-17(12)31-21-14-19(33-25(21)23)20-15(28(14)27)22-26(34-20)24-18(32-22)13(9(3)4)16(30-24)10(5)6/h8-10H,27H2,1-7H3. The van der Waals surface area contributed by atoms with Gasteiger partial charge in [0.25, 0.3) is 0 Å². The third-order valence-corrected chi connectivity index (χ3v) is 15.3. The number of nitrogen functional groups attached to an aromatic ring is 1. The second-order valence-electron chi connectivity index (χ2n) is 10.2. The van der Waals surface area contributed by atoms with E-state index >= 15 is 0 Å². The Morgan fingerprint density at radius 1 is 0.500 bits per heavy atom. The van der Waals surface area contributed by atoms with E-state index in [1.807, 2.05) is 72.7 Å². The highest BCUT2D eigenvalue weighted by molar-refractivity contribution is 7.45. The average Bonchev–Trinajstić information content (AvgIpc) is 3.53.